The van der Waals surface area contributed by atoms with Gasteiger partial charge in [-0.3, -0.25) is 9.59 Å². The van der Waals surface area contributed by atoms with Gasteiger partial charge in [-0.05, 0) is 24.1 Å². The number of hydrogen-bond acceptors (Lipinski definition) is 5. The first-order valence-corrected chi connectivity index (χ1v) is 6.74. The molecule has 0 aliphatic carbocycles. The van der Waals surface area contributed by atoms with Crippen molar-refractivity contribution in [2.24, 2.45) is 0 Å². The monoisotopic (exact) mass is 329 g/mol. The molecule has 1 rings (SSSR count). The van der Waals surface area contributed by atoms with Crippen LogP contribution in [0.5, 0.6) is 0 Å². The number of halogens is 2. The zero-order chi connectivity index (χ0) is 17.4. The molecule has 1 amide bonds. The molecular weight excluding hydrogens is 312 g/mol. The van der Waals surface area contributed by atoms with Crippen molar-refractivity contribution >= 4 is 17.8 Å². The second kappa shape index (κ2) is 8.82. The van der Waals surface area contributed by atoms with Crippen molar-refractivity contribution in [2.45, 2.75) is 25.3 Å². The summed E-state index contributed by atoms with van der Waals surface area (Å²) in [5.74, 6) is -3.51. The van der Waals surface area contributed by atoms with Crippen molar-refractivity contribution < 1.29 is 32.6 Å². The second-order valence-corrected chi connectivity index (χ2v) is 4.71. The first-order chi connectivity index (χ1) is 10.8. The number of esters is 2. The van der Waals surface area contributed by atoms with Crippen LogP contribution < -0.4 is 5.32 Å². The summed E-state index contributed by atoms with van der Waals surface area (Å²) in [4.78, 5) is 34.6. The minimum Gasteiger partial charge on any atom is -0.469 e. The second-order valence-electron chi connectivity index (χ2n) is 4.71. The minimum absolute atomic E-state index is 0.0113. The third-order valence-corrected chi connectivity index (χ3v) is 2.97. The SMILES string of the molecule is COC(=O)CC[C@@H](NC(=O)Cc1cc(F)cc(F)c1)C(=O)OC. The molecule has 6 nitrogen and oxygen atoms in total. The van der Waals surface area contributed by atoms with E-state index in [2.05, 4.69) is 14.8 Å². The Labute approximate surface area is 131 Å². The van der Waals surface area contributed by atoms with Crippen LogP contribution in [-0.2, 0) is 30.3 Å². The topological polar surface area (TPSA) is 81.7 Å². The predicted octanol–water partition coefficient (Wildman–Crippen LogP) is 1.12. The maximum atomic E-state index is 13.1. The van der Waals surface area contributed by atoms with Gasteiger partial charge >= 0.3 is 11.9 Å². The Morgan fingerprint density at radius 3 is 2.22 bits per heavy atom. The maximum Gasteiger partial charge on any atom is 0.328 e. The van der Waals surface area contributed by atoms with Crippen LogP contribution in [0, 0.1) is 11.6 Å². The number of carbonyl (C=O) groups excluding carboxylic acids is 3. The standard InChI is InChI=1S/C15H17F2NO5/c1-22-14(20)4-3-12(15(21)23-2)18-13(19)7-9-5-10(16)8-11(17)6-9/h5-6,8,12H,3-4,7H2,1-2H3,(H,18,19)/t12-/m1/s1. The lowest BCUT2D eigenvalue weighted by molar-refractivity contribution is -0.146. The van der Waals surface area contributed by atoms with Crippen molar-refractivity contribution in [1.29, 1.82) is 0 Å². The number of hydrogen-bond donors (Lipinski definition) is 1. The van der Waals surface area contributed by atoms with Gasteiger partial charge in [-0.15, -0.1) is 0 Å². The van der Waals surface area contributed by atoms with Crippen LogP contribution in [-0.4, -0.2) is 38.1 Å². The molecule has 126 valence electrons. The van der Waals surface area contributed by atoms with Crippen molar-refractivity contribution in [3.63, 3.8) is 0 Å². The van der Waals surface area contributed by atoms with Crippen LogP contribution in [0.25, 0.3) is 0 Å². The smallest absolute Gasteiger partial charge is 0.328 e. The Kier molecular flexibility index (Phi) is 7.11. The zero-order valence-electron chi connectivity index (χ0n) is 12.7. The van der Waals surface area contributed by atoms with Crippen LogP contribution in [0.1, 0.15) is 18.4 Å². The van der Waals surface area contributed by atoms with Gasteiger partial charge in [0.25, 0.3) is 0 Å². The van der Waals surface area contributed by atoms with Gasteiger partial charge in [0.05, 0.1) is 20.6 Å². The number of rotatable bonds is 7. The first-order valence-electron chi connectivity index (χ1n) is 6.74. The summed E-state index contributed by atoms with van der Waals surface area (Å²) in [6, 6.07) is 1.67. The summed E-state index contributed by atoms with van der Waals surface area (Å²) in [5, 5.41) is 2.37. The van der Waals surface area contributed by atoms with Crippen molar-refractivity contribution in [3.8, 4) is 0 Å². The fourth-order valence-electron chi connectivity index (χ4n) is 1.90. The van der Waals surface area contributed by atoms with Crippen molar-refractivity contribution in [2.75, 3.05) is 14.2 Å². The van der Waals surface area contributed by atoms with Crippen LogP contribution in [0.2, 0.25) is 0 Å². The van der Waals surface area contributed by atoms with E-state index in [4.69, 9.17) is 0 Å². The van der Waals surface area contributed by atoms with Gasteiger partial charge in [0.15, 0.2) is 0 Å². The summed E-state index contributed by atoms with van der Waals surface area (Å²) in [5.41, 5.74) is 0.122. The average Bonchev–Trinajstić information content (AvgIpc) is 2.49. The molecule has 0 aromatic heterocycles. The predicted molar refractivity (Wildman–Crippen MR) is 75.3 cm³/mol. The summed E-state index contributed by atoms with van der Waals surface area (Å²) in [6.07, 6.45) is -0.422. The Balaban J connectivity index is 2.68. The van der Waals surface area contributed by atoms with E-state index in [0.29, 0.717) is 6.07 Å². The molecule has 0 fully saturated rings. The van der Waals surface area contributed by atoms with Crippen molar-refractivity contribution in [1.82, 2.24) is 5.32 Å². The highest BCUT2D eigenvalue weighted by molar-refractivity contribution is 5.86. The molecule has 0 bridgehead atoms. The molecule has 8 heteroatoms. The average molecular weight is 329 g/mol. The molecule has 0 heterocycles. The Morgan fingerprint density at radius 1 is 1.09 bits per heavy atom. The van der Waals surface area contributed by atoms with Gasteiger partial charge in [-0.25, -0.2) is 13.6 Å². The van der Waals surface area contributed by atoms with E-state index in [1.54, 1.807) is 0 Å². The van der Waals surface area contributed by atoms with E-state index in [0.717, 1.165) is 19.2 Å². The van der Waals surface area contributed by atoms with E-state index in [-0.39, 0.29) is 24.8 Å². The number of methoxy groups -OCH3 is 2. The van der Waals surface area contributed by atoms with Gasteiger partial charge in [0, 0.05) is 12.5 Å². The molecule has 0 spiro atoms. The molecule has 1 N–H and O–H groups in total. The largest absolute Gasteiger partial charge is 0.469 e. The highest BCUT2D eigenvalue weighted by atomic mass is 19.1. The lowest BCUT2D eigenvalue weighted by atomic mass is 10.1. The molecule has 23 heavy (non-hydrogen) atoms. The van der Waals surface area contributed by atoms with Crippen molar-refractivity contribution in [3.05, 3.63) is 35.4 Å². The molecule has 0 aliphatic heterocycles. The van der Waals surface area contributed by atoms with E-state index in [1.165, 1.54) is 7.11 Å². The Bertz CT molecular complexity index is 571. The third-order valence-electron chi connectivity index (χ3n) is 2.97. The highest BCUT2D eigenvalue weighted by Gasteiger charge is 2.22. The Morgan fingerprint density at radius 2 is 1.70 bits per heavy atom. The van der Waals surface area contributed by atoms with Gasteiger partial charge in [0.1, 0.15) is 17.7 Å². The summed E-state index contributed by atoms with van der Waals surface area (Å²) in [7, 11) is 2.34. The van der Waals surface area contributed by atoms with Gasteiger partial charge in [-0.1, -0.05) is 0 Å². The lowest BCUT2D eigenvalue weighted by Crippen LogP contribution is -2.42. The maximum absolute atomic E-state index is 13.1. The number of nitrogens with one attached hydrogen (secondary N) is 1. The fraction of sp³-hybridized carbons (Fsp3) is 0.400. The van der Waals surface area contributed by atoms with E-state index in [9.17, 15) is 23.2 Å². The highest BCUT2D eigenvalue weighted by Crippen LogP contribution is 2.09. The third kappa shape index (κ3) is 6.41. The van der Waals surface area contributed by atoms with Crippen LogP contribution in [0.3, 0.4) is 0 Å². The summed E-state index contributed by atoms with van der Waals surface area (Å²) >= 11 is 0. The quantitative estimate of drug-likeness (QED) is 0.758. The Hall–Kier alpha value is -2.51. The fourth-order valence-corrected chi connectivity index (χ4v) is 1.90. The molecule has 1 aromatic rings. The lowest BCUT2D eigenvalue weighted by Gasteiger charge is -2.16. The van der Waals surface area contributed by atoms with Crippen LogP contribution in [0.15, 0.2) is 18.2 Å². The minimum atomic E-state index is -1.05. The van der Waals surface area contributed by atoms with Gasteiger partial charge in [0.2, 0.25) is 5.91 Å². The van der Waals surface area contributed by atoms with Crippen LogP contribution in [0.4, 0.5) is 8.78 Å². The van der Waals surface area contributed by atoms with Gasteiger partial charge < -0.3 is 14.8 Å². The zero-order valence-corrected chi connectivity index (χ0v) is 12.7. The summed E-state index contributed by atoms with van der Waals surface area (Å²) < 4.78 is 35.1. The molecule has 0 saturated heterocycles. The van der Waals surface area contributed by atoms with Gasteiger partial charge in [-0.2, -0.15) is 0 Å². The van der Waals surface area contributed by atoms with E-state index in [1.807, 2.05) is 0 Å². The normalized spacial score (nSPS) is 11.5. The van der Waals surface area contributed by atoms with E-state index < -0.39 is 35.5 Å². The molecule has 0 unspecified atom stereocenters. The molecule has 0 aliphatic rings. The molecule has 1 atom stereocenters. The molecule has 0 radical (unpaired) electrons. The summed E-state index contributed by atoms with van der Waals surface area (Å²) in [6.45, 7) is 0. The van der Waals surface area contributed by atoms with E-state index >= 15 is 0 Å². The number of benzene rings is 1. The molecule has 0 saturated carbocycles. The number of carbonyl (C=O) groups is 3. The number of amides is 1. The molecular formula is C15H17F2NO5. The molecule has 1 aromatic carbocycles. The first kappa shape index (κ1) is 18.5. The number of ether oxygens (including phenoxy) is 2. The van der Waals surface area contributed by atoms with Crippen LogP contribution >= 0.6 is 0 Å².